The van der Waals surface area contributed by atoms with Gasteiger partial charge in [-0.1, -0.05) is 18.6 Å². The number of hydrogen-bond donors (Lipinski definition) is 0. The molecule has 2 heterocycles. The van der Waals surface area contributed by atoms with Gasteiger partial charge in [-0.3, -0.25) is 4.90 Å². The molecule has 0 unspecified atom stereocenters. The minimum Gasteiger partial charge on any atom is -0.287 e. The molecule has 0 aromatic rings. The average molecular weight is 169 g/mol. The van der Waals surface area contributed by atoms with Crippen LogP contribution in [0.2, 0.25) is 0 Å². The van der Waals surface area contributed by atoms with Crippen molar-refractivity contribution in [1.82, 2.24) is 4.90 Å². The van der Waals surface area contributed by atoms with Crippen LogP contribution < -0.4 is 0 Å². The predicted octanol–water partition coefficient (Wildman–Crippen LogP) is 2.14. The van der Waals surface area contributed by atoms with E-state index in [9.17, 15) is 4.39 Å². The van der Waals surface area contributed by atoms with Gasteiger partial charge in [-0.2, -0.15) is 0 Å². The summed E-state index contributed by atoms with van der Waals surface area (Å²) in [5.74, 6) is 0. The monoisotopic (exact) mass is 169 g/mol. The van der Waals surface area contributed by atoms with Crippen molar-refractivity contribution in [3.63, 3.8) is 0 Å². The van der Waals surface area contributed by atoms with Crippen LogP contribution in [0.25, 0.3) is 0 Å². The van der Waals surface area contributed by atoms with Crippen molar-refractivity contribution in [2.45, 2.75) is 38.4 Å². The highest BCUT2D eigenvalue weighted by molar-refractivity contribution is 5.25. The molecule has 1 fully saturated rings. The maximum absolute atomic E-state index is 13.1. The maximum atomic E-state index is 13.1. The van der Waals surface area contributed by atoms with Crippen molar-refractivity contribution in [2.24, 2.45) is 0 Å². The minimum atomic E-state index is -0.603. The van der Waals surface area contributed by atoms with E-state index in [1.54, 1.807) is 0 Å². The molecule has 12 heavy (non-hydrogen) atoms. The second-order valence-corrected chi connectivity index (χ2v) is 4.13. The van der Waals surface area contributed by atoms with Gasteiger partial charge in [-0.05, 0) is 13.3 Å². The van der Waals surface area contributed by atoms with Gasteiger partial charge in [0.2, 0.25) is 0 Å². The van der Waals surface area contributed by atoms with Crippen molar-refractivity contribution in [3.05, 3.63) is 11.6 Å². The van der Waals surface area contributed by atoms with Gasteiger partial charge in [0.25, 0.3) is 0 Å². The van der Waals surface area contributed by atoms with Crippen molar-refractivity contribution >= 4 is 0 Å². The molecule has 2 atom stereocenters. The Morgan fingerprint density at radius 1 is 1.75 bits per heavy atom. The van der Waals surface area contributed by atoms with E-state index in [1.807, 2.05) is 0 Å². The zero-order valence-electron chi connectivity index (χ0n) is 7.81. The zero-order chi connectivity index (χ0) is 8.77. The van der Waals surface area contributed by atoms with Crippen LogP contribution in [-0.4, -0.2) is 29.7 Å². The molecule has 0 spiro atoms. The summed E-state index contributed by atoms with van der Waals surface area (Å²) in [7, 11) is 0. The fourth-order valence-electron chi connectivity index (χ4n) is 2.65. The van der Waals surface area contributed by atoms with Crippen LogP contribution in [0.1, 0.15) is 26.7 Å². The molecule has 0 aromatic carbocycles. The van der Waals surface area contributed by atoms with Gasteiger partial charge in [-0.15, -0.1) is 0 Å². The second kappa shape index (κ2) is 2.56. The largest absolute Gasteiger partial charge is 0.287 e. The molecule has 2 rings (SSSR count). The van der Waals surface area contributed by atoms with Crippen LogP contribution in [-0.2, 0) is 0 Å². The number of fused-ring (bicyclic) bond motifs is 1. The quantitative estimate of drug-likeness (QED) is 0.543. The van der Waals surface area contributed by atoms with Crippen molar-refractivity contribution in [3.8, 4) is 0 Å². The lowest BCUT2D eigenvalue weighted by atomic mass is 9.93. The van der Waals surface area contributed by atoms with Crippen molar-refractivity contribution in [2.75, 3.05) is 13.1 Å². The predicted molar refractivity (Wildman–Crippen MR) is 47.9 cm³/mol. The first-order valence-electron chi connectivity index (χ1n) is 4.74. The summed E-state index contributed by atoms with van der Waals surface area (Å²) >= 11 is 0. The molecule has 0 saturated carbocycles. The fraction of sp³-hybridized carbons (Fsp3) is 0.800. The van der Waals surface area contributed by atoms with E-state index in [0.29, 0.717) is 13.0 Å². The highest BCUT2D eigenvalue weighted by atomic mass is 19.1. The van der Waals surface area contributed by atoms with Gasteiger partial charge in [-0.25, -0.2) is 4.39 Å². The number of hydrogen-bond acceptors (Lipinski definition) is 1. The third-order valence-corrected chi connectivity index (χ3v) is 3.19. The Balaban J connectivity index is 2.25. The number of alkyl halides is 1. The smallest absolute Gasteiger partial charge is 0.115 e. The lowest BCUT2D eigenvalue weighted by molar-refractivity contribution is 0.216. The average Bonchev–Trinajstić information content (AvgIpc) is 2.40. The van der Waals surface area contributed by atoms with Crippen LogP contribution in [0.15, 0.2) is 11.6 Å². The van der Waals surface area contributed by atoms with Crippen molar-refractivity contribution in [1.29, 1.82) is 0 Å². The van der Waals surface area contributed by atoms with Crippen LogP contribution in [0.5, 0.6) is 0 Å². The molecular formula is C10H16FN. The van der Waals surface area contributed by atoms with E-state index < -0.39 is 6.17 Å². The highest BCUT2D eigenvalue weighted by Crippen LogP contribution is 2.40. The lowest BCUT2D eigenvalue weighted by Gasteiger charge is -2.29. The van der Waals surface area contributed by atoms with Gasteiger partial charge in [0.15, 0.2) is 0 Å². The molecule has 0 amide bonds. The first-order valence-corrected chi connectivity index (χ1v) is 4.74. The molecule has 2 aliphatic rings. The minimum absolute atomic E-state index is 0.0868. The molecule has 68 valence electrons. The number of nitrogens with zero attached hydrogens (tertiary/aromatic N) is 1. The van der Waals surface area contributed by atoms with Crippen LogP contribution in [0.3, 0.4) is 0 Å². The van der Waals surface area contributed by atoms with E-state index in [0.717, 1.165) is 13.0 Å². The summed E-state index contributed by atoms with van der Waals surface area (Å²) in [5, 5.41) is 0. The fourth-order valence-corrected chi connectivity index (χ4v) is 2.65. The third kappa shape index (κ3) is 1.01. The Hall–Kier alpha value is -0.370. The summed E-state index contributed by atoms with van der Waals surface area (Å²) in [4.78, 5) is 2.28. The molecular weight excluding hydrogens is 153 g/mol. The SMILES string of the molecule is CC[C@@]12C=C(C)CN1C[C@H](F)C2. The van der Waals surface area contributed by atoms with Gasteiger partial charge < -0.3 is 0 Å². The molecule has 2 heteroatoms. The summed E-state index contributed by atoms with van der Waals surface area (Å²) in [6.07, 6.45) is 3.42. The maximum Gasteiger partial charge on any atom is 0.115 e. The summed E-state index contributed by atoms with van der Waals surface area (Å²) < 4.78 is 13.1. The zero-order valence-corrected chi connectivity index (χ0v) is 7.81. The van der Waals surface area contributed by atoms with E-state index in [2.05, 4.69) is 24.8 Å². The number of halogens is 1. The standard InChI is InChI=1S/C10H16FN/c1-3-10-4-8(2)6-12(10)7-9(11)5-10/h4,9H,3,5-7H2,1-2H3/t9-,10+/m1/s1. The first-order chi connectivity index (χ1) is 5.66. The molecule has 0 radical (unpaired) electrons. The first kappa shape index (κ1) is 8.24. The molecule has 0 aliphatic carbocycles. The molecule has 1 saturated heterocycles. The Labute approximate surface area is 73.2 Å². The summed E-state index contributed by atoms with van der Waals surface area (Å²) in [6, 6.07) is 0. The Bertz CT molecular complexity index is 224. The Kier molecular flexibility index (Phi) is 1.76. The molecule has 0 aromatic heterocycles. The van der Waals surface area contributed by atoms with Crippen LogP contribution in [0.4, 0.5) is 4.39 Å². The summed E-state index contributed by atoms with van der Waals surface area (Å²) in [5.41, 5.74) is 1.49. The van der Waals surface area contributed by atoms with Gasteiger partial charge in [0.1, 0.15) is 6.17 Å². The van der Waals surface area contributed by atoms with Gasteiger partial charge in [0, 0.05) is 25.0 Å². The lowest BCUT2D eigenvalue weighted by Crippen LogP contribution is -2.37. The van der Waals surface area contributed by atoms with E-state index in [1.165, 1.54) is 5.57 Å². The Morgan fingerprint density at radius 2 is 2.50 bits per heavy atom. The third-order valence-electron chi connectivity index (χ3n) is 3.19. The van der Waals surface area contributed by atoms with E-state index >= 15 is 0 Å². The molecule has 0 N–H and O–H groups in total. The van der Waals surface area contributed by atoms with E-state index in [4.69, 9.17) is 0 Å². The van der Waals surface area contributed by atoms with Crippen LogP contribution >= 0.6 is 0 Å². The van der Waals surface area contributed by atoms with E-state index in [-0.39, 0.29) is 5.54 Å². The molecule has 2 aliphatic heterocycles. The number of rotatable bonds is 1. The van der Waals surface area contributed by atoms with Crippen LogP contribution in [0, 0.1) is 0 Å². The molecule has 1 nitrogen and oxygen atoms in total. The highest BCUT2D eigenvalue weighted by Gasteiger charge is 2.45. The topological polar surface area (TPSA) is 3.24 Å². The Morgan fingerprint density at radius 3 is 3.08 bits per heavy atom. The second-order valence-electron chi connectivity index (χ2n) is 4.13. The van der Waals surface area contributed by atoms with Gasteiger partial charge in [0.05, 0.1) is 0 Å². The summed E-state index contributed by atoms with van der Waals surface area (Å²) in [6.45, 7) is 5.92. The van der Waals surface area contributed by atoms with Gasteiger partial charge >= 0.3 is 0 Å². The molecule has 0 bridgehead atoms. The van der Waals surface area contributed by atoms with Crippen molar-refractivity contribution < 1.29 is 4.39 Å². The normalized spacial score (nSPS) is 41.6.